The summed E-state index contributed by atoms with van der Waals surface area (Å²) in [6.45, 7) is 3.64. The van der Waals surface area contributed by atoms with Crippen LogP contribution in [0.5, 0.6) is 5.75 Å². The fraction of sp³-hybridized carbons (Fsp3) is 0.214. The van der Waals surface area contributed by atoms with Crippen LogP contribution in [0.4, 0.5) is 4.79 Å². The third-order valence-corrected chi connectivity index (χ3v) is 2.77. The van der Waals surface area contributed by atoms with E-state index in [1.807, 2.05) is 18.2 Å². The Kier molecular flexibility index (Phi) is 4.14. The molecule has 1 saturated heterocycles. The summed E-state index contributed by atoms with van der Waals surface area (Å²) in [4.78, 5) is 36.9. The molecule has 0 bridgehead atoms. The van der Waals surface area contributed by atoms with Gasteiger partial charge in [0.1, 0.15) is 12.4 Å². The lowest BCUT2D eigenvalue weighted by Gasteiger charge is -2.14. The maximum atomic E-state index is 11.9. The molecule has 0 N–H and O–H groups in total. The first-order valence-electron chi connectivity index (χ1n) is 6.11. The van der Waals surface area contributed by atoms with Gasteiger partial charge in [-0.3, -0.25) is 19.4 Å². The smallest absolute Gasteiger partial charge is 0.334 e. The molecule has 0 unspecified atom stereocenters. The summed E-state index contributed by atoms with van der Waals surface area (Å²) in [5.74, 6) is -1.01. The fourth-order valence-electron chi connectivity index (χ4n) is 1.81. The summed E-state index contributed by atoms with van der Waals surface area (Å²) in [6.07, 6.45) is 1.40. The number of carbonyl (C=O) groups excluding carboxylic acids is 3. The van der Waals surface area contributed by atoms with Crippen LogP contribution in [0.15, 0.2) is 43.0 Å². The second kappa shape index (κ2) is 6.01. The summed E-state index contributed by atoms with van der Waals surface area (Å²) < 4.78 is 5.40. The summed E-state index contributed by atoms with van der Waals surface area (Å²) in [5, 5.41) is 0. The van der Waals surface area contributed by atoms with Crippen LogP contribution >= 0.6 is 0 Å². The van der Waals surface area contributed by atoms with Crippen molar-refractivity contribution in [2.75, 3.05) is 19.7 Å². The third kappa shape index (κ3) is 2.69. The summed E-state index contributed by atoms with van der Waals surface area (Å²) in [7, 11) is 0. The van der Waals surface area contributed by atoms with E-state index < -0.39 is 17.8 Å². The van der Waals surface area contributed by atoms with E-state index >= 15 is 0 Å². The topological polar surface area (TPSA) is 66.9 Å². The van der Waals surface area contributed by atoms with Crippen molar-refractivity contribution < 1.29 is 19.1 Å². The molecular weight excluding hydrogens is 260 g/mol. The van der Waals surface area contributed by atoms with Crippen molar-refractivity contribution in [3.8, 4) is 5.75 Å². The van der Waals surface area contributed by atoms with E-state index in [9.17, 15) is 14.4 Å². The zero-order valence-electron chi connectivity index (χ0n) is 10.8. The second-order valence-corrected chi connectivity index (χ2v) is 4.11. The number of imide groups is 2. The molecule has 6 heteroatoms. The summed E-state index contributed by atoms with van der Waals surface area (Å²) >= 11 is 0. The van der Waals surface area contributed by atoms with E-state index in [1.165, 1.54) is 6.08 Å². The standard InChI is InChI=1S/C14H14N2O4/c1-2-8-15-12(17)13(18)16(14(15)19)9-10-20-11-6-4-3-5-7-11/h2-7H,1,8-10H2. The van der Waals surface area contributed by atoms with Crippen molar-refractivity contribution in [1.29, 1.82) is 0 Å². The van der Waals surface area contributed by atoms with Gasteiger partial charge in [0.05, 0.1) is 6.54 Å². The van der Waals surface area contributed by atoms with Crippen LogP contribution in [0.25, 0.3) is 0 Å². The van der Waals surface area contributed by atoms with Crippen LogP contribution < -0.4 is 4.74 Å². The zero-order valence-corrected chi connectivity index (χ0v) is 10.8. The lowest BCUT2D eigenvalue weighted by atomic mass is 10.3. The first-order chi connectivity index (χ1) is 9.65. The van der Waals surface area contributed by atoms with Gasteiger partial charge in [-0.25, -0.2) is 4.79 Å². The molecule has 1 aliphatic heterocycles. The molecule has 0 aromatic heterocycles. The zero-order chi connectivity index (χ0) is 14.5. The first-order valence-corrected chi connectivity index (χ1v) is 6.11. The number of urea groups is 1. The molecule has 1 aromatic rings. The Balaban J connectivity index is 1.93. The van der Waals surface area contributed by atoms with E-state index in [0.717, 1.165) is 9.80 Å². The third-order valence-electron chi connectivity index (χ3n) is 2.77. The minimum absolute atomic E-state index is 0.0272. The van der Waals surface area contributed by atoms with E-state index in [-0.39, 0.29) is 19.7 Å². The average Bonchev–Trinajstić information content (AvgIpc) is 2.66. The second-order valence-electron chi connectivity index (χ2n) is 4.11. The molecule has 4 amide bonds. The fourth-order valence-corrected chi connectivity index (χ4v) is 1.81. The Morgan fingerprint density at radius 3 is 2.35 bits per heavy atom. The molecule has 1 fully saturated rings. The van der Waals surface area contributed by atoms with E-state index in [2.05, 4.69) is 6.58 Å². The van der Waals surface area contributed by atoms with Gasteiger partial charge in [0, 0.05) is 6.54 Å². The van der Waals surface area contributed by atoms with Crippen molar-refractivity contribution >= 4 is 17.8 Å². The van der Waals surface area contributed by atoms with Gasteiger partial charge in [-0.05, 0) is 12.1 Å². The predicted molar refractivity (Wildman–Crippen MR) is 71.0 cm³/mol. The van der Waals surface area contributed by atoms with Gasteiger partial charge in [0.15, 0.2) is 0 Å². The van der Waals surface area contributed by atoms with E-state index in [4.69, 9.17) is 4.74 Å². The number of hydrogen-bond donors (Lipinski definition) is 0. The summed E-state index contributed by atoms with van der Waals surface area (Å²) in [6, 6.07) is 8.39. The number of hydrogen-bond acceptors (Lipinski definition) is 4. The molecule has 6 nitrogen and oxygen atoms in total. The molecule has 104 valence electrons. The molecular formula is C14H14N2O4. The van der Waals surface area contributed by atoms with Gasteiger partial charge in [-0.1, -0.05) is 24.3 Å². The monoisotopic (exact) mass is 274 g/mol. The molecule has 0 atom stereocenters. The van der Waals surface area contributed by atoms with E-state index in [1.54, 1.807) is 12.1 Å². The van der Waals surface area contributed by atoms with Crippen LogP contribution in [-0.4, -0.2) is 47.3 Å². The lowest BCUT2D eigenvalue weighted by molar-refractivity contribution is -0.143. The van der Waals surface area contributed by atoms with Gasteiger partial charge in [-0.15, -0.1) is 6.58 Å². The van der Waals surface area contributed by atoms with Crippen LogP contribution in [0.1, 0.15) is 0 Å². The molecule has 0 spiro atoms. The molecule has 1 aromatic carbocycles. The molecule has 1 heterocycles. The van der Waals surface area contributed by atoms with Crippen molar-refractivity contribution in [3.63, 3.8) is 0 Å². The molecule has 0 radical (unpaired) electrons. The van der Waals surface area contributed by atoms with Gasteiger partial charge in [0.2, 0.25) is 0 Å². The predicted octanol–water partition coefficient (Wildman–Crippen LogP) is 1.04. The van der Waals surface area contributed by atoms with Gasteiger partial charge < -0.3 is 4.74 Å². The SMILES string of the molecule is C=CCN1C(=O)C(=O)N(CCOc2ccccc2)C1=O. The first kappa shape index (κ1) is 13.8. The Morgan fingerprint density at radius 2 is 1.70 bits per heavy atom. The Labute approximate surface area is 116 Å². The van der Waals surface area contributed by atoms with Crippen molar-refractivity contribution in [3.05, 3.63) is 43.0 Å². The molecule has 2 rings (SSSR count). The number of nitrogens with zero attached hydrogens (tertiary/aromatic N) is 2. The normalized spacial score (nSPS) is 14.9. The number of benzene rings is 1. The highest BCUT2D eigenvalue weighted by Gasteiger charge is 2.43. The van der Waals surface area contributed by atoms with Gasteiger partial charge in [0.25, 0.3) is 0 Å². The van der Waals surface area contributed by atoms with Gasteiger partial charge in [-0.2, -0.15) is 0 Å². The van der Waals surface area contributed by atoms with Crippen molar-refractivity contribution in [2.24, 2.45) is 0 Å². The number of amides is 4. The molecule has 0 aliphatic carbocycles. The average molecular weight is 274 g/mol. The maximum absolute atomic E-state index is 11.9. The number of para-hydroxylation sites is 1. The van der Waals surface area contributed by atoms with Crippen LogP contribution in [-0.2, 0) is 9.59 Å². The molecule has 20 heavy (non-hydrogen) atoms. The van der Waals surface area contributed by atoms with Crippen molar-refractivity contribution in [2.45, 2.75) is 0 Å². The quantitative estimate of drug-likeness (QED) is 0.441. The minimum Gasteiger partial charge on any atom is -0.492 e. The minimum atomic E-state index is -0.825. The van der Waals surface area contributed by atoms with Crippen LogP contribution in [0.2, 0.25) is 0 Å². The number of rotatable bonds is 6. The lowest BCUT2D eigenvalue weighted by Crippen LogP contribution is -2.36. The Hall–Kier alpha value is -2.63. The largest absolute Gasteiger partial charge is 0.492 e. The van der Waals surface area contributed by atoms with Crippen LogP contribution in [0.3, 0.4) is 0 Å². The van der Waals surface area contributed by atoms with E-state index in [0.29, 0.717) is 5.75 Å². The molecule has 1 aliphatic rings. The number of ether oxygens (including phenoxy) is 1. The Morgan fingerprint density at radius 1 is 1.05 bits per heavy atom. The maximum Gasteiger partial charge on any atom is 0.334 e. The Bertz CT molecular complexity index is 541. The molecule has 0 saturated carbocycles. The van der Waals surface area contributed by atoms with Crippen LogP contribution in [0, 0.1) is 0 Å². The highest BCUT2D eigenvalue weighted by atomic mass is 16.5. The van der Waals surface area contributed by atoms with Gasteiger partial charge >= 0.3 is 17.8 Å². The number of carbonyl (C=O) groups is 3. The van der Waals surface area contributed by atoms with Crippen molar-refractivity contribution in [1.82, 2.24) is 9.80 Å². The highest BCUT2D eigenvalue weighted by molar-refractivity contribution is 6.44. The highest BCUT2D eigenvalue weighted by Crippen LogP contribution is 2.13. The summed E-state index contributed by atoms with van der Waals surface area (Å²) in [5.41, 5.74) is 0.